The second-order valence-electron chi connectivity index (χ2n) is 3.76. The quantitative estimate of drug-likeness (QED) is 0.912. The maximum Gasteiger partial charge on any atom is 0.225 e. The van der Waals surface area contributed by atoms with E-state index in [1.165, 1.54) is 7.11 Å². The summed E-state index contributed by atoms with van der Waals surface area (Å²) in [6.45, 7) is 2.02. The second-order valence-corrected chi connectivity index (χ2v) is 4.62. The number of nitrogens with one attached hydrogen (secondary N) is 1. The van der Waals surface area contributed by atoms with E-state index in [9.17, 15) is 0 Å². The lowest BCUT2D eigenvalue weighted by molar-refractivity contribution is 0.398. The predicted molar refractivity (Wildman–Crippen MR) is 75.2 cm³/mol. The van der Waals surface area contributed by atoms with Crippen LogP contribution in [0.4, 0.5) is 17.5 Å². The maximum atomic E-state index is 5.60. The van der Waals surface area contributed by atoms with Crippen LogP contribution in [0.5, 0.6) is 5.88 Å². The number of halogens is 1. The molecule has 2 rings (SSSR count). The molecular formula is C12H13BrN4O. The SMILES string of the molecule is COc1cc(Nc2cc(C)ccc2Br)nc(N)n1. The van der Waals surface area contributed by atoms with Crippen LogP contribution in [-0.2, 0) is 0 Å². The van der Waals surface area contributed by atoms with E-state index in [-0.39, 0.29) is 5.95 Å². The van der Waals surface area contributed by atoms with Crippen LogP contribution in [0.25, 0.3) is 0 Å². The van der Waals surface area contributed by atoms with Gasteiger partial charge in [-0.15, -0.1) is 0 Å². The van der Waals surface area contributed by atoms with Crippen LogP contribution in [0, 0.1) is 6.92 Å². The van der Waals surface area contributed by atoms with Gasteiger partial charge in [0, 0.05) is 10.5 Å². The standard InChI is InChI=1S/C12H13BrN4O/c1-7-3-4-8(13)9(5-7)15-10-6-11(18-2)17-12(14)16-10/h3-6H,1-2H3,(H3,14,15,16,17). The van der Waals surface area contributed by atoms with Crippen molar-refractivity contribution < 1.29 is 4.74 Å². The first-order valence-electron chi connectivity index (χ1n) is 5.30. The number of hydrogen-bond donors (Lipinski definition) is 2. The van der Waals surface area contributed by atoms with Crippen molar-refractivity contribution in [1.82, 2.24) is 9.97 Å². The van der Waals surface area contributed by atoms with Gasteiger partial charge in [-0.2, -0.15) is 9.97 Å². The summed E-state index contributed by atoms with van der Waals surface area (Å²) >= 11 is 3.47. The molecule has 5 nitrogen and oxygen atoms in total. The van der Waals surface area contributed by atoms with Crippen molar-refractivity contribution in [3.8, 4) is 5.88 Å². The number of methoxy groups -OCH3 is 1. The Balaban J connectivity index is 2.33. The van der Waals surface area contributed by atoms with Gasteiger partial charge >= 0.3 is 0 Å². The van der Waals surface area contributed by atoms with Crippen LogP contribution in [0.3, 0.4) is 0 Å². The Morgan fingerprint density at radius 3 is 2.78 bits per heavy atom. The van der Waals surface area contributed by atoms with Crippen molar-refractivity contribution in [2.24, 2.45) is 0 Å². The predicted octanol–water partition coefficient (Wildman–Crippen LogP) is 2.88. The minimum absolute atomic E-state index is 0.167. The largest absolute Gasteiger partial charge is 0.481 e. The molecule has 6 heteroatoms. The van der Waals surface area contributed by atoms with E-state index < -0.39 is 0 Å². The number of hydrogen-bond acceptors (Lipinski definition) is 5. The van der Waals surface area contributed by atoms with Gasteiger partial charge in [-0.05, 0) is 40.5 Å². The molecule has 0 aliphatic carbocycles. The third kappa shape index (κ3) is 2.89. The first kappa shape index (κ1) is 12.6. The Morgan fingerprint density at radius 2 is 2.06 bits per heavy atom. The van der Waals surface area contributed by atoms with Crippen LogP contribution in [0.15, 0.2) is 28.7 Å². The highest BCUT2D eigenvalue weighted by molar-refractivity contribution is 9.10. The zero-order chi connectivity index (χ0) is 13.1. The summed E-state index contributed by atoms with van der Waals surface area (Å²) in [6, 6.07) is 7.68. The molecule has 0 spiro atoms. The van der Waals surface area contributed by atoms with E-state index in [4.69, 9.17) is 10.5 Å². The molecule has 0 aliphatic rings. The topological polar surface area (TPSA) is 73.1 Å². The number of anilines is 3. The molecule has 1 heterocycles. The van der Waals surface area contributed by atoms with Gasteiger partial charge in [-0.1, -0.05) is 6.07 Å². The third-order valence-corrected chi connectivity index (χ3v) is 3.01. The van der Waals surface area contributed by atoms with Gasteiger partial charge in [-0.3, -0.25) is 0 Å². The monoisotopic (exact) mass is 308 g/mol. The molecule has 0 unspecified atom stereocenters. The average Bonchev–Trinajstić information content (AvgIpc) is 2.33. The number of rotatable bonds is 3. The van der Waals surface area contributed by atoms with Crippen LogP contribution in [-0.4, -0.2) is 17.1 Å². The van der Waals surface area contributed by atoms with E-state index in [0.29, 0.717) is 11.7 Å². The van der Waals surface area contributed by atoms with E-state index in [1.807, 2.05) is 25.1 Å². The van der Waals surface area contributed by atoms with Gasteiger partial charge in [0.05, 0.1) is 12.8 Å². The fraction of sp³-hybridized carbons (Fsp3) is 0.167. The average molecular weight is 309 g/mol. The van der Waals surface area contributed by atoms with Gasteiger partial charge in [0.2, 0.25) is 11.8 Å². The molecule has 2 aromatic rings. The van der Waals surface area contributed by atoms with Crippen molar-refractivity contribution in [2.45, 2.75) is 6.92 Å². The van der Waals surface area contributed by atoms with Gasteiger partial charge < -0.3 is 15.8 Å². The highest BCUT2D eigenvalue weighted by Crippen LogP contribution is 2.27. The van der Waals surface area contributed by atoms with Gasteiger partial charge in [0.1, 0.15) is 5.82 Å². The number of nitrogens with two attached hydrogens (primary N) is 1. The van der Waals surface area contributed by atoms with E-state index in [1.54, 1.807) is 6.07 Å². The molecule has 0 aliphatic heterocycles. The lowest BCUT2D eigenvalue weighted by atomic mass is 10.2. The summed E-state index contributed by atoms with van der Waals surface area (Å²) in [5, 5.41) is 3.17. The molecule has 0 amide bonds. The lowest BCUT2D eigenvalue weighted by Gasteiger charge is -2.10. The fourth-order valence-corrected chi connectivity index (χ4v) is 1.83. The molecule has 0 radical (unpaired) electrons. The number of benzene rings is 1. The Bertz CT molecular complexity index is 574. The summed E-state index contributed by atoms with van der Waals surface area (Å²) in [7, 11) is 1.54. The first-order valence-corrected chi connectivity index (χ1v) is 6.09. The third-order valence-electron chi connectivity index (χ3n) is 2.31. The highest BCUT2D eigenvalue weighted by atomic mass is 79.9. The number of nitrogen functional groups attached to an aromatic ring is 1. The van der Waals surface area contributed by atoms with E-state index in [0.717, 1.165) is 15.7 Å². The molecule has 3 N–H and O–H groups in total. The summed E-state index contributed by atoms with van der Waals surface area (Å²) in [6.07, 6.45) is 0. The van der Waals surface area contributed by atoms with E-state index >= 15 is 0 Å². The van der Waals surface area contributed by atoms with Crippen molar-refractivity contribution in [1.29, 1.82) is 0 Å². The van der Waals surface area contributed by atoms with Gasteiger partial charge in [0.15, 0.2) is 0 Å². The lowest BCUT2D eigenvalue weighted by Crippen LogP contribution is -2.02. The normalized spacial score (nSPS) is 10.2. The summed E-state index contributed by atoms with van der Waals surface area (Å²) in [4.78, 5) is 8.03. The van der Waals surface area contributed by atoms with Crippen LogP contribution >= 0.6 is 15.9 Å². The number of ether oxygens (including phenoxy) is 1. The number of aryl methyl sites for hydroxylation is 1. The fourth-order valence-electron chi connectivity index (χ4n) is 1.48. The summed E-state index contributed by atoms with van der Waals surface area (Å²) in [5.74, 6) is 1.18. The number of aromatic nitrogens is 2. The molecule has 0 bridgehead atoms. The molecule has 0 fully saturated rings. The Morgan fingerprint density at radius 1 is 1.28 bits per heavy atom. The minimum atomic E-state index is 0.167. The van der Waals surface area contributed by atoms with Crippen LogP contribution in [0.1, 0.15) is 5.56 Å². The van der Waals surface area contributed by atoms with E-state index in [2.05, 4.69) is 31.2 Å². The molecule has 0 saturated carbocycles. The number of nitrogens with zero attached hydrogens (tertiary/aromatic N) is 2. The zero-order valence-corrected chi connectivity index (χ0v) is 11.7. The second kappa shape index (κ2) is 5.22. The summed E-state index contributed by atoms with van der Waals surface area (Å²) < 4.78 is 5.99. The first-order chi connectivity index (χ1) is 8.58. The molecule has 1 aromatic carbocycles. The molecule has 0 atom stereocenters. The van der Waals surface area contributed by atoms with Crippen LogP contribution < -0.4 is 15.8 Å². The molecular weight excluding hydrogens is 296 g/mol. The smallest absolute Gasteiger partial charge is 0.225 e. The zero-order valence-electron chi connectivity index (χ0n) is 10.1. The molecule has 0 saturated heterocycles. The highest BCUT2D eigenvalue weighted by Gasteiger charge is 2.05. The molecule has 94 valence electrons. The van der Waals surface area contributed by atoms with Crippen molar-refractivity contribution in [2.75, 3.05) is 18.2 Å². The van der Waals surface area contributed by atoms with Gasteiger partial charge in [-0.25, -0.2) is 0 Å². The van der Waals surface area contributed by atoms with Gasteiger partial charge in [0.25, 0.3) is 0 Å². The van der Waals surface area contributed by atoms with Crippen molar-refractivity contribution >= 4 is 33.4 Å². The van der Waals surface area contributed by atoms with Crippen molar-refractivity contribution in [3.63, 3.8) is 0 Å². The maximum absolute atomic E-state index is 5.60. The molecule has 18 heavy (non-hydrogen) atoms. The molecule has 1 aromatic heterocycles. The Labute approximate surface area is 114 Å². The summed E-state index contributed by atoms with van der Waals surface area (Å²) in [5.41, 5.74) is 7.66. The Hall–Kier alpha value is -1.82. The minimum Gasteiger partial charge on any atom is -0.481 e. The van der Waals surface area contributed by atoms with Crippen LogP contribution in [0.2, 0.25) is 0 Å². The van der Waals surface area contributed by atoms with Crippen molar-refractivity contribution in [3.05, 3.63) is 34.3 Å². The Kier molecular flexibility index (Phi) is 3.66.